The predicted molar refractivity (Wildman–Crippen MR) is 119 cm³/mol. The largest absolute Gasteiger partial charge is 0.326 e. The molecule has 0 radical (unpaired) electrons. The molecule has 0 bridgehead atoms. The Morgan fingerprint density at radius 1 is 1.03 bits per heavy atom. The summed E-state index contributed by atoms with van der Waals surface area (Å²) in [6.45, 7) is 1.47. The molecule has 4 rings (SSSR count). The van der Waals surface area contributed by atoms with E-state index in [9.17, 15) is 13.2 Å². The molecule has 0 aliphatic rings. The molecule has 0 aliphatic heterocycles. The molecule has 0 unspecified atom stereocenters. The van der Waals surface area contributed by atoms with Crippen LogP contribution in [0, 0.1) is 0 Å². The molecule has 1 amide bonds. The Morgan fingerprint density at radius 2 is 1.73 bits per heavy atom. The highest BCUT2D eigenvalue weighted by atomic mass is 79.9. The number of fused-ring (bicyclic) bond motifs is 1. The van der Waals surface area contributed by atoms with Crippen molar-refractivity contribution in [2.24, 2.45) is 0 Å². The van der Waals surface area contributed by atoms with Gasteiger partial charge in [-0.25, -0.2) is 17.9 Å². The molecule has 4 aromatic rings. The maximum absolute atomic E-state index is 12.2. The minimum atomic E-state index is -3.58. The molecule has 152 valence electrons. The Balaban J connectivity index is 1.76. The third-order valence-corrected chi connectivity index (χ3v) is 6.00. The Hall–Kier alpha value is -3.04. The molecule has 1 N–H and O–H groups in total. The molecule has 0 saturated heterocycles. The van der Waals surface area contributed by atoms with E-state index in [1.165, 1.54) is 11.4 Å². The van der Waals surface area contributed by atoms with E-state index < -0.39 is 9.84 Å². The molecular weight excluding hydrogens is 468 g/mol. The van der Waals surface area contributed by atoms with Gasteiger partial charge in [0.15, 0.2) is 0 Å². The molecule has 2 heterocycles. The van der Waals surface area contributed by atoms with Crippen molar-refractivity contribution >= 4 is 42.9 Å². The Bertz CT molecular complexity index is 1380. The Morgan fingerprint density at radius 3 is 2.40 bits per heavy atom. The zero-order chi connectivity index (χ0) is 21.5. The fraction of sp³-hybridized carbons (Fsp3) is 0.0952. The zero-order valence-electron chi connectivity index (χ0n) is 16.1. The molecule has 0 fully saturated rings. The van der Waals surface area contributed by atoms with Gasteiger partial charge in [0.25, 0.3) is 0 Å². The number of carbonyl (C=O) groups excluding carboxylic acids is 1. The molecule has 0 saturated carbocycles. The van der Waals surface area contributed by atoms with Gasteiger partial charge in [-0.15, -0.1) is 0 Å². The first-order valence-electron chi connectivity index (χ1n) is 8.95. The maximum atomic E-state index is 12.2. The summed E-state index contributed by atoms with van der Waals surface area (Å²) >= 11 is 3.40. The second kappa shape index (κ2) is 7.66. The van der Waals surface area contributed by atoms with Crippen LogP contribution < -0.4 is 5.32 Å². The van der Waals surface area contributed by atoms with Gasteiger partial charge in [-0.3, -0.25) is 4.79 Å². The molecule has 30 heavy (non-hydrogen) atoms. The summed E-state index contributed by atoms with van der Waals surface area (Å²) in [6.07, 6.45) is 2.65. The molecule has 7 nitrogen and oxygen atoms in total. The summed E-state index contributed by atoms with van der Waals surface area (Å²) in [5, 5.41) is 6.76. The summed E-state index contributed by atoms with van der Waals surface area (Å²) in [4.78, 5) is 15.6. The van der Waals surface area contributed by atoms with Gasteiger partial charge in [0, 0.05) is 24.4 Å². The van der Waals surface area contributed by atoms with Crippen LogP contribution in [0.15, 0.2) is 70.4 Å². The van der Waals surface area contributed by atoms with Crippen LogP contribution >= 0.6 is 15.9 Å². The van der Waals surface area contributed by atoms with Crippen molar-refractivity contribution in [1.29, 1.82) is 0 Å². The standard InChI is InChI=1S/C21H17BrN4O3S/c1-13(27)24-17-5-3-4-16(10-17)14-6-8-15(9-7-14)19-11-20-18(22)12-23-26(20)21(25-19)30(2,28)29/h3-12H,1-2H3,(H,24,27). The lowest BCUT2D eigenvalue weighted by Crippen LogP contribution is -2.09. The molecule has 2 aromatic heterocycles. The minimum absolute atomic E-state index is 0.118. The van der Waals surface area contributed by atoms with E-state index in [4.69, 9.17) is 0 Å². The van der Waals surface area contributed by atoms with Crippen molar-refractivity contribution in [2.45, 2.75) is 12.1 Å². The van der Waals surface area contributed by atoms with E-state index in [1.54, 1.807) is 12.3 Å². The van der Waals surface area contributed by atoms with Gasteiger partial charge in [-0.2, -0.15) is 5.10 Å². The molecule has 0 aliphatic carbocycles. The Kier molecular flexibility index (Phi) is 5.17. The van der Waals surface area contributed by atoms with E-state index in [0.29, 0.717) is 15.7 Å². The number of anilines is 1. The molecule has 0 spiro atoms. The summed E-state index contributed by atoms with van der Waals surface area (Å²) in [7, 11) is -3.58. The van der Waals surface area contributed by atoms with Gasteiger partial charge in [0.05, 0.1) is 21.9 Å². The van der Waals surface area contributed by atoms with Crippen molar-refractivity contribution in [3.05, 3.63) is 65.3 Å². The van der Waals surface area contributed by atoms with E-state index in [1.807, 2.05) is 48.5 Å². The van der Waals surface area contributed by atoms with Crippen LogP contribution in [0.4, 0.5) is 5.69 Å². The van der Waals surface area contributed by atoms with Crippen LogP contribution in [-0.4, -0.2) is 35.2 Å². The van der Waals surface area contributed by atoms with Gasteiger partial charge in [0.2, 0.25) is 20.9 Å². The Labute approximate surface area is 181 Å². The number of amides is 1. The van der Waals surface area contributed by atoms with Crippen molar-refractivity contribution in [2.75, 3.05) is 11.6 Å². The van der Waals surface area contributed by atoms with Crippen molar-refractivity contribution in [3.8, 4) is 22.4 Å². The third kappa shape index (κ3) is 3.99. The van der Waals surface area contributed by atoms with Gasteiger partial charge in [-0.05, 0) is 45.3 Å². The zero-order valence-corrected chi connectivity index (χ0v) is 18.5. The highest BCUT2D eigenvalue weighted by molar-refractivity contribution is 9.10. The summed E-state index contributed by atoms with van der Waals surface area (Å²) in [6, 6.07) is 17.0. The fourth-order valence-electron chi connectivity index (χ4n) is 3.13. The first kappa shape index (κ1) is 20.2. The number of nitrogens with zero attached hydrogens (tertiary/aromatic N) is 3. The van der Waals surface area contributed by atoms with Crippen molar-refractivity contribution in [1.82, 2.24) is 14.6 Å². The summed E-state index contributed by atoms with van der Waals surface area (Å²) in [5.74, 6) is -0.128. The van der Waals surface area contributed by atoms with Crippen molar-refractivity contribution in [3.63, 3.8) is 0 Å². The number of aromatic nitrogens is 3. The summed E-state index contributed by atoms with van der Waals surface area (Å²) < 4.78 is 26.4. The van der Waals surface area contributed by atoms with Crippen LogP contribution in [0.2, 0.25) is 0 Å². The van der Waals surface area contributed by atoms with Crippen LogP contribution in [0.3, 0.4) is 0 Å². The van der Waals surface area contributed by atoms with E-state index in [-0.39, 0.29) is 11.1 Å². The number of carbonyl (C=O) groups is 1. The molecule has 9 heteroatoms. The van der Waals surface area contributed by atoms with Crippen LogP contribution in [0.25, 0.3) is 27.9 Å². The van der Waals surface area contributed by atoms with Crippen molar-refractivity contribution < 1.29 is 13.2 Å². The topological polar surface area (TPSA) is 93.4 Å². The lowest BCUT2D eigenvalue weighted by molar-refractivity contribution is -0.114. The van der Waals surface area contributed by atoms with Crippen LogP contribution in [-0.2, 0) is 14.6 Å². The highest BCUT2D eigenvalue weighted by Crippen LogP contribution is 2.29. The third-order valence-electron chi connectivity index (χ3n) is 4.46. The van der Waals surface area contributed by atoms with E-state index in [2.05, 4.69) is 31.3 Å². The fourth-order valence-corrected chi connectivity index (χ4v) is 4.23. The van der Waals surface area contributed by atoms with Gasteiger partial charge >= 0.3 is 0 Å². The lowest BCUT2D eigenvalue weighted by Gasteiger charge is -2.09. The minimum Gasteiger partial charge on any atom is -0.326 e. The first-order valence-corrected chi connectivity index (χ1v) is 11.6. The normalized spacial score (nSPS) is 11.6. The van der Waals surface area contributed by atoms with E-state index >= 15 is 0 Å². The number of rotatable bonds is 4. The summed E-state index contributed by atoms with van der Waals surface area (Å²) in [5.41, 5.74) is 4.56. The molecule has 0 atom stereocenters. The molecular formula is C21H17BrN4O3S. The number of hydrogen-bond acceptors (Lipinski definition) is 5. The second-order valence-electron chi connectivity index (χ2n) is 6.83. The highest BCUT2D eigenvalue weighted by Gasteiger charge is 2.19. The SMILES string of the molecule is CC(=O)Nc1cccc(-c2ccc(-c3cc4c(Br)cnn4c(S(C)(=O)=O)n3)cc2)c1. The number of benzene rings is 2. The van der Waals surface area contributed by atoms with Gasteiger partial charge in [0.1, 0.15) is 0 Å². The second-order valence-corrected chi connectivity index (χ2v) is 9.59. The lowest BCUT2D eigenvalue weighted by atomic mass is 10.0. The van der Waals surface area contributed by atoms with Crippen LogP contribution in [0.1, 0.15) is 6.92 Å². The first-order chi connectivity index (χ1) is 14.2. The predicted octanol–water partition coefficient (Wildman–Crippen LogP) is 4.19. The quantitative estimate of drug-likeness (QED) is 0.438. The molecule has 2 aromatic carbocycles. The van der Waals surface area contributed by atoms with Gasteiger partial charge < -0.3 is 5.32 Å². The smallest absolute Gasteiger partial charge is 0.249 e. The number of halogens is 1. The average Bonchev–Trinajstić information content (AvgIpc) is 3.07. The maximum Gasteiger partial charge on any atom is 0.249 e. The van der Waals surface area contributed by atoms with E-state index in [0.717, 1.165) is 28.6 Å². The monoisotopic (exact) mass is 484 g/mol. The number of hydrogen-bond donors (Lipinski definition) is 1. The van der Waals surface area contributed by atoms with Gasteiger partial charge in [-0.1, -0.05) is 36.4 Å². The average molecular weight is 485 g/mol. The number of sulfone groups is 1. The number of nitrogens with one attached hydrogen (secondary N) is 1. The van der Waals surface area contributed by atoms with Crippen LogP contribution in [0.5, 0.6) is 0 Å².